The third-order valence-corrected chi connectivity index (χ3v) is 4.48. The van der Waals surface area contributed by atoms with E-state index in [1.165, 1.54) is 23.8 Å². The average Bonchev–Trinajstić information content (AvgIpc) is 2.53. The zero-order chi connectivity index (χ0) is 14.7. The lowest BCUT2D eigenvalue weighted by Crippen LogP contribution is -2.45. The van der Waals surface area contributed by atoms with Gasteiger partial charge >= 0.3 is 0 Å². The number of hydrogen-bond acceptors (Lipinski definition) is 3. The predicted molar refractivity (Wildman–Crippen MR) is 86.4 cm³/mol. The van der Waals surface area contributed by atoms with E-state index in [-0.39, 0.29) is 11.6 Å². The van der Waals surface area contributed by atoms with Crippen molar-refractivity contribution in [3.63, 3.8) is 0 Å². The quantitative estimate of drug-likeness (QED) is 0.926. The minimum atomic E-state index is -0.121. The van der Waals surface area contributed by atoms with Gasteiger partial charge in [-0.15, -0.1) is 0 Å². The summed E-state index contributed by atoms with van der Waals surface area (Å²) in [4.78, 5) is 4.41. The van der Waals surface area contributed by atoms with Crippen molar-refractivity contribution in [3.05, 3.63) is 42.1 Å². The molecule has 3 heteroatoms. The number of ether oxygens (including phenoxy) is 1. The fourth-order valence-electron chi connectivity index (χ4n) is 3.35. The number of fused-ring (bicyclic) bond motifs is 1. The number of rotatable bonds is 4. The number of likely N-dealkylation sites (N-methyl/N-ethyl adjacent to an activating group) is 1. The maximum Gasteiger partial charge on any atom is 0.0848 e. The minimum absolute atomic E-state index is 0.121. The summed E-state index contributed by atoms with van der Waals surface area (Å²) < 4.78 is 6.17. The van der Waals surface area contributed by atoms with Gasteiger partial charge in [-0.1, -0.05) is 19.1 Å². The molecule has 21 heavy (non-hydrogen) atoms. The second-order valence-electron chi connectivity index (χ2n) is 6.06. The molecular formula is C18H24N2O. The van der Waals surface area contributed by atoms with Crippen molar-refractivity contribution in [2.75, 3.05) is 13.2 Å². The topological polar surface area (TPSA) is 34.2 Å². The van der Waals surface area contributed by atoms with Gasteiger partial charge in [-0.3, -0.25) is 4.98 Å². The zero-order valence-corrected chi connectivity index (χ0v) is 12.9. The van der Waals surface area contributed by atoms with Gasteiger partial charge in [0.15, 0.2) is 0 Å². The molecule has 2 atom stereocenters. The molecular weight excluding hydrogens is 260 g/mol. The second kappa shape index (κ2) is 6.12. The number of aromatic nitrogens is 1. The van der Waals surface area contributed by atoms with Crippen LogP contribution in [0.4, 0.5) is 0 Å². The number of benzene rings is 1. The average molecular weight is 284 g/mol. The van der Waals surface area contributed by atoms with Crippen molar-refractivity contribution in [3.8, 4) is 0 Å². The van der Waals surface area contributed by atoms with E-state index in [4.69, 9.17) is 4.74 Å². The first-order valence-corrected chi connectivity index (χ1v) is 7.95. The molecule has 1 aliphatic heterocycles. The van der Waals surface area contributed by atoms with Gasteiger partial charge in [0.1, 0.15) is 0 Å². The van der Waals surface area contributed by atoms with Gasteiger partial charge in [0, 0.05) is 18.2 Å². The highest BCUT2D eigenvalue weighted by Gasteiger charge is 2.37. The van der Waals surface area contributed by atoms with Gasteiger partial charge in [0.05, 0.1) is 17.2 Å². The molecule has 112 valence electrons. The molecule has 1 saturated heterocycles. The van der Waals surface area contributed by atoms with Gasteiger partial charge in [-0.2, -0.15) is 0 Å². The third-order valence-electron chi connectivity index (χ3n) is 4.48. The molecule has 0 aliphatic carbocycles. The summed E-state index contributed by atoms with van der Waals surface area (Å²) in [6.07, 6.45) is 5.37. The van der Waals surface area contributed by atoms with E-state index in [0.717, 1.165) is 25.1 Å². The van der Waals surface area contributed by atoms with E-state index in [0.29, 0.717) is 0 Å². The first-order chi connectivity index (χ1) is 10.2. The summed E-state index contributed by atoms with van der Waals surface area (Å²) in [6, 6.07) is 10.9. The van der Waals surface area contributed by atoms with Crippen LogP contribution in [0.2, 0.25) is 0 Å². The maximum atomic E-state index is 6.17. The van der Waals surface area contributed by atoms with Crippen molar-refractivity contribution < 1.29 is 4.74 Å². The highest BCUT2D eigenvalue weighted by molar-refractivity contribution is 5.79. The van der Waals surface area contributed by atoms with E-state index in [9.17, 15) is 0 Å². The Bertz CT molecular complexity index is 605. The maximum absolute atomic E-state index is 6.17. The monoisotopic (exact) mass is 284 g/mol. The summed E-state index contributed by atoms with van der Waals surface area (Å²) in [5.41, 5.74) is 2.22. The van der Waals surface area contributed by atoms with E-state index in [1.807, 2.05) is 12.3 Å². The van der Waals surface area contributed by atoms with Gasteiger partial charge < -0.3 is 10.1 Å². The molecule has 2 unspecified atom stereocenters. The predicted octanol–water partition coefficient (Wildman–Crippen LogP) is 3.84. The van der Waals surface area contributed by atoms with Crippen molar-refractivity contribution >= 4 is 10.9 Å². The Labute approximate surface area is 126 Å². The van der Waals surface area contributed by atoms with E-state index in [2.05, 4.69) is 48.4 Å². The molecule has 0 saturated carbocycles. The lowest BCUT2D eigenvalue weighted by Gasteiger charge is -2.41. The SMILES string of the molecule is CCNC(c1ccc2ncccc2c1)C1(C)CCCCO1. The third kappa shape index (κ3) is 2.94. The molecule has 0 radical (unpaired) electrons. The van der Waals surface area contributed by atoms with Crippen LogP contribution in [0.5, 0.6) is 0 Å². The number of hydrogen-bond donors (Lipinski definition) is 1. The van der Waals surface area contributed by atoms with Crippen LogP contribution >= 0.6 is 0 Å². The Kier molecular flexibility index (Phi) is 4.22. The number of pyridine rings is 1. The summed E-state index contributed by atoms with van der Waals surface area (Å²) >= 11 is 0. The molecule has 2 heterocycles. The van der Waals surface area contributed by atoms with Gasteiger partial charge in [0.2, 0.25) is 0 Å². The largest absolute Gasteiger partial charge is 0.373 e. The first kappa shape index (κ1) is 14.5. The van der Waals surface area contributed by atoms with Crippen LogP contribution in [-0.2, 0) is 4.74 Å². The van der Waals surface area contributed by atoms with Gasteiger partial charge in [-0.05, 0) is 56.5 Å². The fraction of sp³-hybridized carbons (Fsp3) is 0.500. The lowest BCUT2D eigenvalue weighted by atomic mass is 9.83. The highest BCUT2D eigenvalue weighted by atomic mass is 16.5. The highest BCUT2D eigenvalue weighted by Crippen LogP contribution is 2.37. The van der Waals surface area contributed by atoms with Crippen molar-refractivity contribution in [2.24, 2.45) is 0 Å². The zero-order valence-electron chi connectivity index (χ0n) is 12.9. The van der Waals surface area contributed by atoms with Crippen LogP contribution in [0.15, 0.2) is 36.5 Å². The van der Waals surface area contributed by atoms with E-state index < -0.39 is 0 Å². The Balaban J connectivity index is 1.98. The van der Waals surface area contributed by atoms with E-state index in [1.54, 1.807) is 0 Å². The lowest BCUT2D eigenvalue weighted by molar-refractivity contribution is -0.0895. The summed E-state index contributed by atoms with van der Waals surface area (Å²) in [6.45, 7) is 6.21. The summed E-state index contributed by atoms with van der Waals surface area (Å²) in [5, 5.41) is 4.82. The van der Waals surface area contributed by atoms with Crippen molar-refractivity contribution in [1.29, 1.82) is 0 Å². The van der Waals surface area contributed by atoms with Crippen LogP contribution in [-0.4, -0.2) is 23.7 Å². The molecule has 3 rings (SSSR count). The smallest absolute Gasteiger partial charge is 0.0848 e. The van der Waals surface area contributed by atoms with Crippen LogP contribution < -0.4 is 5.32 Å². The van der Waals surface area contributed by atoms with Gasteiger partial charge in [-0.25, -0.2) is 0 Å². The van der Waals surface area contributed by atoms with Crippen LogP contribution in [0, 0.1) is 0 Å². The molecule has 0 bridgehead atoms. The Hall–Kier alpha value is -1.45. The van der Waals surface area contributed by atoms with Crippen molar-refractivity contribution in [1.82, 2.24) is 10.3 Å². The molecule has 1 aromatic carbocycles. The molecule has 1 aliphatic rings. The van der Waals surface area contributed by atoms with Crippen LogP contribution in [0.3, 0.4) is 0 Å². The number of nitrogens with zero attached hydrogens (tertiary/aromatic N) is 1. The number of nitrogens with one attached hydrogen (secondary N) is 1. The molecule has 1 N–H and O–H groups in total. The molecule has 1 aromatic heterocycles. The van der Waals surface area contributed by atoms with Crippen LogP contribution in [0.1, 0.15) is 44.7 Å². The standard InChI is InChI=1S/C18H24N2O/c1-3-19-17(18(2)10-4-5-12-21-18)15-8-9-16-14(13-15)7-6-11-20-16/h6-9,11,13,17,19H,3-5,10,12H2,1-2H3. The fourth-order valence-corrected chi connectivity index (χ4v) is 3.35. The molecule has 0 spiro atoms. The summed E-state index contributed by atoms with van der Waals surface area (Å²) in [5.74, 6) is 0. The van der Waals surface area contributed by atoms with Crippen LogP contribution in [0.25, 0.3) is 10.9 Å². The van der Waals surface area contributed by atoms with Gasteiger partial charge in [0.25, 0.3) is 0 Å². The molecule has 1 fully saturated rings. The Morgan fingerprint density at radius 1 is 1.33 bits per heavy atom. The molecule has 3 nitrogen and oxygen atoms in total. The molecule has 2 aromatic rings. The molecule has 0 amide bonds. The Morgan fingerprint density at radius 3 is 3.00 bits per heavy atom. The second-order valence-corrected chi connectivity index (χ2v) is 6.06. The summed E-state index contributed by atoms with van der Waals surface area (Å²) in [7, 11) is 0. The Morgan fingerprint density at radius 2 is 2.24 bits per heavy atom. The first-order valence-electron chi connectivity index (χ1n) is 7.95. The van der Waals surface area contributed by atoms with E-state index >= 15 is 0 Å². The normalized spacial score (nSPS) is 24.1. The minimum Gasteiger partial charge on any atom is -0.373 e. The van der Waals surface area contributed by atoms with Crippen molar-refractivity contribution in [2.45, 2.75) is 44.8 Å².